The summed E-state index contributed by atoms with van der Waals surface area (Å²) >= 11 is 0. The molecule has 0 aromatic heterocycles. The van der Waals surface area contributed by atoms with Crippen LogP contribution in [0.25, 0.3) is 0 Å². The molecular weight excluding hydrogens is 363 g/mol. The van der Waals surface area contributed by atoms with Crippen LogP contribution in [0, 0.1) is 5.92 Å². The molecule has 0 atom stereocenters. The highest BCUT2D eigenvalue weighted by molar-refractivity contribution is 5.85. The number of rotatable bonds is 4. The van der Waals surface area contributed by atoms with Crippen LogP contribution >= 0.6 is 24.8 Å². The minimum absolute atomic E-state index is 0. The number of halogens is 2. The van der Waals surface area contributed by atoms with E-state index in [2.05, 4.69) is 64.4 Å². The van der Waals surface area contributed by atoms with Crippen molar-refractivity contribution in [1.82, 2.24) is 9.80 Å². The van der Waals surface area contributed by atoms with E-state index in [1.807, 2.05) is 0 Å². The van der Waals surface area contributed by atoms with Crippen LogP contribution < -0.4 is 0 Å². The van der Waals surface area contributed by atoms with Gasteiger partial charge in [-0.25, -0.2) is 0 Å². The predicted molar refractivity (Wildman–Crippen MR) is 114 cm³/mol. The number of nitrogens with zero attached hydrogens (tertiary/aromatic N) is 2. The van der Waals surface area contributed by atoms with Crippen molar-refractivity contribution in [3.8, 4) is 0 Å². The number of fused-ring (bicyclic) bond motifs is 1. The highest BCUT2D eigenvalue weighted by Crippen LogP contribution is 2.24. The number of benzene rings is 2. The van der Waals surface area contributed by atoms with Crippen molar-refractivity contribution in [2.45, 2.75) is 32.4 Å². The maximum Gasteiger partial charge on any atom is 0.0236 e. The zero-order chi connectivity index (χ0) is 16.2. The molecular formula is C22H30Cl2N2. The average molecular weight is 393 g/mol. The normalized spacial score (nSPS) is 18.5. The zero-order valence-corrected chi connectivity index (χ0v) is 17.0. The highest BCUT2D eigenvalue weighted by Gasteiger charge is 2.23. The number of hydrogen-bond donors (Lipinski definition) is 0. The van der Waals surface area contributed by atoms with Gasteiger partial charge in [0.25, 0.3) is 0 Å². The molecule has 4 heteroatoms. The molecule has 0 aliphatic carbocycles. The molecule has 1 saturated heterocycles. The monoisotopic (exact) mass is 392 g/mol. The lowest BCUT2D eigenvalue weighted by Gasteiger charge is -2.36. The predicted octanol–water partition coefficient (Wildman–Crippen LogP) is 4.80. The minimum Gasteiger partial charge on any atom is -0.299 e. The van der Waals surface area contributed by atoms with Crippen LogP contribution in [0.2, 0.25) is 0 Å². The Morgan fingerprint density at radius 3 is 2.12 bits per heavy atom. The Morgan fingerprint density at radius 1 is 0.731 bits per heavy atom. The van der Waals surface area contributed by atoms with Gasteiger partial charge in [-0.2, -0.15) is 0 Å². The van der Waals surface area contributed by atoms with Gasteiger partial charge in [0.05, 0.1) is 0 Å². The summed E-state index contributed by atoms with van der Waals surface area (Å²) in [6.07, 6.45) is 3.93. The molecule has 2 aliphatic heterocycles. The summed E-state index contributed by atoms with van der Waals surface area (Å²) in [5, 5.41) is 0. The summed E-state index contributed by atoms with van der Waals surface area (Å²) in [5.74, 6) is 0.877. The first-order chi connectivity index (χ1) is 11.9. The van der Waals surface area contributed by atoms with Crippen LogP contribution in [0.4, 0.5) is 0 Å². The highest BCUT2D eigenvalue weighted by atomic mass is 35.5. The largest absolute Gasteiger partial charge is 0.299 e. The summed E-state index contributed by atoms with van der Waals surface area (Å²) < 4.78 is 0. The summed E-state index contributed by atoms with van der Waals surface area (Å²) in [6, 6.07) is 19.9. The molecule has 2 nitrogen and oxygen atoms in total. The van der Waals surface area contributed by atoms with Crippen molar-refractivity contribution in [2.24, 2.45) is 5.92 Å². The molecule has 0 unspecified atom stereocenters. The van der Waals surface area contributed by atoms with Gasteiger partial charge in [-0.15, -0.1) is 24.8 Å². The van der Waals surface area contributed by atoms with E-state index in [-0.39, 0.29) is 24.8 Å². The molecule has 2 aliphatic rings. The third-order valence-corrected chi connectivity index (χ3v) is 5.68. The molecule has 0 amide bonds. The van der Waals surface area contributed by atoms with E-state index in [9.17, 15) is 0 Å². The summed E-state index contributed by atoms with van der Waals surface area (Å²) in [5.41, 5.74) is 4.56. The Bertz CT molecular complexity index is 654. The maximum absolute atomic E-state index is 2.68. The van der Waals surface area contributed by atoms with E-state index in [0.717, 1.165) is 19.0 Å². The van der Waals surface area contributed by atoms with Crippen molar-refractivity contribution in [3.63, 3.8) is 0 Å². The second-order valence-electron chi connectivity index (χ2n) is 7.46. The van der Waals surface area contributed by atoms with Crippen LogP contribution in [0.3, 0.4) is 0 Å². The SMILES string of the molecule is Cl.Cl.c1ccc(CN2CCC(CN3CCc4ccccc4C3)CC2)cc1. The van der Waals surface area contributed by atoms with Crippen molar-refractivity contribution in [2.75, 3.05) is 26.2 Å². The fourth-order valence-corrected chi connectivity index (χ4v) is 4.24. The third kappa shape index (κ3) is 5.47. The van der Waals surface area contributed by atoms with Gasteiger partial charge in [-0.05, 0) is 55.0 Å². The van der Waals surface area contributed by atoms with Gasteiger partial charge in [0, 0.05) is 26.2 Å². The van der Waals surface area contributed by atoms with Gasteiger partial charge in [-0.3, -0.25) is 9.80 Å². The number of likely N-dealkylation sites (tertiary alicyclic amines) is 1. The van der Waals surface area contributed by atoms with Crippen LogP contribution in [0.5, 0.6) is 0 Å². The van der Waals surface area contributed by atoms with E-state index in [0.29, 0.717) is 0 Å². The fourth-order valence-electron chi connectivity index (χ4n) is 4.24. The van der Waals surface area contributed by atoms with Crippen molar-refractivity contribution in [3.05, 3.63) is 71.3 Å². The molecule has 0 bridgehead atoms. The quantitative estimate of drug-likeness (QED) is 0.736. The Balaban J connectivity index is 0.00000121. The van der Waals surface area contributed by atoms with E-state index in [1.54, 1.807) is 11.1 Å². The summed E-state index contributed by atoms with van der Waals surface area (Å²) in [6.45, 7) is 7.30. The second-order valence-corrected chi connectivity index (χ2v) is 7.46. The molecule has 0 saturated carbocycles. The van der Waals surface area contributed by atoms with E-state index < -0.39 is 0 Å². The third-order valence-electron chi connectivity index (χ3n) is 5.68. The fraction of sp³-hybridized carbons (Fsp3) is 0.455. The lowest BCUT2D eigenvalue weighted by Crippen LogP contribution is -2.40. The Hall–Kier alpha value is -1.06. The average Bonchev–Trinajstić information content (AvgIpc) is 2.64. The van der Waals surface area contributed by atoms with Gasteiger partial charge in [0.2, 0.25) is 0 Å². The van der Waals surface area contributed by atoms with Gasteiger partial charge in [-0.1, -0.05) is 54.6 Å². The van der Waals surface area contributed by atoms with E-state index in [1.165, 1.54) is 51.0 Å². The van der Waals surface area contributed by atoms with Crippen molar-refractivity contribution >= 4 is 24.8 Å². The first-order valence-corrected chi connectivity index (χ1v) is 9.42. The maximum atomic E-state index is 2.68. The van der Waals surface area contributed by atoms with Crippen molar-refractivity contribution < 1.29 is 0 Å². The molecule has 4 rings (SSSR count). The number of piperidine rings is 1. The molecule has 1 fully saturated rings. The molecule has 0 radical (unpaired) electrons. The Morgan fingerprint density at radius 2 is 1.38 bits per heavy atom. The van der Waals surface area contributed by atoms with Crippen LogP contribution in [-0.4, -0.2) is 36.0 Å². The second kappa shape index (κ2) is 10.3. The standard InChI is InChI=1S/C22H28N2.2ClH/c1-2-6-19(7-3-1)16-23-13-10-20(11-14-23)17-24-15-12-21-8-4-5-9-22(21)18-24;;/h1-9,20H,10-18H2;2*1H. The van der Waals surface area contributed by atoms with Crippen LogP contribution in [0.15, 0.2) is 54.6 Å². The molecule has 142 valence electrons. The molecule has 0 spiro atoms. The van der Waals surface area contributed by atoms with Crippen molar-refractivity contribution in [1.29, 1.82) is 0 Å². The lowest BCUT2D eigenvalue weighted by atomic mass is 9.93. The van der Waals surface area contributed by atoms with Gasteiger partial charge >= 0.3 is 0 Å². The molecule has 0 N–H and O–H groups in total. The van der Waals surface area contributed by atoms with E-state index in [4.69, 9.17) is 0 Å². The molecule has 2 aromatic rings. The Labute approximate surface area is 170 Å². The summed E-state index contributed by atoms with van der Waals surface area (Å²) in [4.78, 5) is 5.30. The van der Waals surface area contributed by atoms with Gasteiger partial charge < -0.3 is 0 Å². The topological polar surface area (TPSA) is 6.48 Å². The van der Waals surface area contributed by atoms with Gasteiger partial charge in [0.1, 0.15) is 0 Å². The first kappa shape index (κ1) is 21.2. The van der Waals surface area contributed by atoms with Crippen LogP contribution in [-0.2, 0) is 19.5 Å². The summed E-state index contributed by atoms with van der Waals surface area (Å²) in [7, 11) is 0. The van der Waals surface area contributed by atoms with Gasteiger partial charge in [0.15, 0.2) is 0 Å². The van der Waals surface area contributed by atoms with E-state index >= 15 is 0 Å². The first-order valence-electron chi connectivity index (χ1n) is 9.42. The zero-order valence-electron chi connectivity index (χ0n) is 15.3. The molecule has 26 heavy (non-hydrogen) atoms. The molecule has 2 aromatic carbocycles. The molecule has 2 heterocycles. The number of hydrogen-bond acceptors (Lipinski definition) is 2. The smallest absolute Gasteiger partial charge is 0.0236 e. The Kier molecular flexibility index (Phi) is 8.43. The minimum atomic E-state index is 0. The van der Waals surface area contributed by atoms with Crippen LogP contribution in [0.1, 0.15) is 29.5 Å². The lowest BCUT2D eigenvalue weighted by molar-refractivity contribution is 0.132.